The molecule has 0 spiro atoms. The predicted molar refractivity (Wildman–Crippen MR) is 232 cm³/mol. The molecule has 0 aliphatic carbocycles. The molecule has 0 amide bonds. The van der Waals surface area contributed by atoms with E-state index in [1.165, 1.54) is 12.7 Å². The van der Waals surface area contributed by atoms with E-state index >= 15 is 0 Å². The number of likely N-dealkylation sites (N-methyl/N-ethyl adjacent to an activating group) is 2. The number of hydrogen-bond acceptors (Lipinski definition) is 16. The van der Waals surface area contributed by atoms with Crippen LogP contribution in [0.25, 0.3) is 28.9 Å². The van der Waals surface area contributed by atoms with Crippen molar-refractivity contribution in [3.05, 3.63) is 125 Å². The Balaban J connectivity index is 0.000000231. The van der Waals surface area contributed by atoms with Crippen LogP contribution in [0, 0.1) is 11.8 Å². The average molecular weight is 843 g/mol. The number of carbonyl (C=O) groups is 2. The van der Waals surface area contributed by atoms with Crippen LogP contribution in [0.3, 0.4) is 0 Å². The number of halogens is 1. The van der Waals surface area contributed by atoms with Crippen LogP contribution in [0.4, 0.5) is 23.3 Å². The molecule has 19 heteroatoms. The lowest BCUT2D eigenvalue weighted by atomic mass is 10.2. The number of hydrogen-bond donors (Lipinski definition) is 6. The van der Waals surface area contributed by atoms with Gasteiger partial charge < -0.3 is 32.3 Å². The first-order chi connectivity index (χ1) is 29.5. The number of anilines is 4. The number of nitrogens with one attached hydrogen (secondary N) is 2. The quantitative estimate of drug-likeness (QED) is 0.0745. The van der Waals surface area contributed by atoms with E-state index in [0.717, 1.165) is 33.6 Å². The molecule has 2 aromatic carbocycles. The molecule has 0 atom stereocenters. The highest BCUT2D eigenvalue weighted by atomic mass is 35.5. The van der Waals surface area contributed by atoms with Gasteiger partial charge in [-0.2, -0.15) is 9.97 Å². The van der Waals surface area contributed by atoms with Gasteiger partial charge in [0.2, 0.25) is 11.9 Å². The zero-order valence-corrected chi connectivity index (χ0v) is 34.0. The fraction of sp³-hybridized carbons (Fsp3) is 0.190. The Morgan fingerprint density at radius 2 is 1.25 bits per heavy atom. The van der Waals surface area contributed by atoms with Crippen molar-refractivity contribution in [2.45, 2.75) is 13.1 Å². The van der Waals surface area contributed by atoms with E-state index in [0.29, 0.717) is 53.1 Å². The summed E-state index contributed by atoms with van der Waals surface area (Å²) >= 11 is 6.00. The molecule has 18 nitrogen and oxygen atoms in total. The minimum Gasteiger partial charge on any atom is -0.480 e. The number of aliphatic carboxylic acids is 2. The van der Waals surface area contributed by atoms with Crippen LogP contribution in [0.5, 0.6) is 0 Å². The van der Waals surface area contributed by atoms with Crippen LogP contribution in [0.15, 0.2) is 103 Å². The third-order valence-corrected chi connectivity index (χ3v) is 8.36. The molecular formula is C42H43ClN14O4. The zero-order chi connectivity index (χ0) is 43.6. The van der Waals surface area contributed by atoms with Gasteiger partial charge in [0.1, 0.15) is 18.3 Å². The smallest absolute Gasteiger partial charge is 0.317 e. The Morgan fingerprint density at radius 3 is 1.75 bits per heavy atom. The van der Waals surface area contributed by atoms with Crippen LogP contribution in [0.2, 0.25) is 0 Å². The first-order valence-electron chi connectivity index (χ1n) is 18.5. The number of rotatable bonds is 16. The van der Waals surface area contributed by atoms with Gasteiger partial charge in [-0.15, -0.1) is 0 Å². The van der Waals surface area contributed by atoms with Crippen molar-refractivity contribution in [1.82, 2.24) is 49.7 Å². The van der Waals surface area contributed by atoms with Gasteiger partial charge in [-0.1, -0.05) is 41.8 Å². The maximum atomic E-state index is 10.9. The van der Waals surface area contributed by atoms with E-state index in [2.05, 4.69) is 62.3 Å². The highest BCUT2D eigenvalue weighted by Gasteiger charge is 2.10. The summed E-state index contributed by atoms with van der Waals surface area (Å²) in [5.41, 5.74) is 17.2. The molecule has 6 rings (SSSR count). The van der Waals surface area contributed by atoms with Gasteiger partial charge in [0.15, 0.2) is 11.6 Å². The highest BCUT2D eigenvalue weighted by molar-refractivity contribution is 6.31. The maximum absolute atomic E-state index is 10.9. The van der Waals surface area contributed by atoms with E-state index in [9.17, 15) is 9.59 Å². The molecule has 61 heavy (non-hydrogen) atoms. The fourth-order valence-corrected chi connectivity index (χ4v) is 5.72. The standard InChI is InChI=1S/C21H22ClN7O2.C21H21N7O2/c1-29(12-19(30)31)11-14-3-2-4-17(7-14)27-21-26-13-25-20(28-21)15-5-6-24-18(8-15)9-16(22)10-23;1-28(13-19(29)30)12-15-4-2-5-18(10-15)26-21-25-14-24-20(27-21)16-7-9-23-17(11-16)6-3-8-22/h2-9,13H,10-12,23H2,1H3,(H,30,31)(H,25,26,27,28);2,4-5,7,9-11,14H,8,12-13,22H2,1H3,(H,29,30)(H,24,25,26,27)/b16-9-;. The van der Waals surface area contributed by atoms with Crippen molar-refractivity contribution in [3.63, 3.8) is 0 Å². The molecule has 0 unspecified atom stereocenters. The van der Waals surface area contributed by atoms with Gasteiger partial charge in [-0.05, 0) is 85.7 Å². The Labute approximate surface area is 356 Å². The summed E-state index contributed by atoms with van der Waals surface area (Å²) in [6.45, 7) is 1.44. The van der Waals surface area contributed by atoms with Gasteiger partial charge >= 0.3 is 11.9 Å². The Morgan fingerprint density at radius 1 is 0.721 bits per heavy atom. The predicted octanol–water partition coefficient (Wildman–Crippen LogP) is 4.24. The summed E-state index contributed by atoms with van der Waals surface area (Å²) in [6.07, 6.45) is 7.84. The van der Waals surface area contributed by atoms with E-state index in [4.69, 9.17) is 33.3 Å². The summed E-state index contributed by atoms with van der Waals surface area (Å²) in [5.74, 6) is 5.68. The summed E-state index contributed by atoms with van der Waals surface area (Å²) < 4.78 is 0. The van der Waals surface area contributed by atoms with E-state index in [-0.39, 0.29) is 26.2 Å². The summed E-state index contributed by atoms with van der Waals surface area (Å²) in [4.78, 5) is 59.4. The van der Waals surface area contributed by atoms with Gasteiger partial charge in [0.25, 0.3) is 0 Å². The Bertz CT molecular complexity index is 2530. The molecule has 0 fully saturated rings. The first kappa shape index (κ1) is 44.8. The zero-order valence-electron chi connectivity index (χ0n) is 33.3. The molecule has 0 saturated heterocycles. The number of pyridine rings is 2. The molecule has 312 valence electrons. The van der Waals surface area contributed by atoms with E-state index < -0.39 is 11.9 Å². The maximum Gasteiger partial charge on any atom is 0.317 e. The number of carboxylic acid groups (broad SMARTS) is 2. The number of aromatic nitrogens is 8. The molecule has 8 N–H and O–H groups in total. The third-order valence-electron chi connectivity index (χ3n) is 8.10. The lowest BCUT2D eigenvalue weighted by Crippen LogP contribution is -2.25. The molecule has 0 saturated carbocycles. The second-order valence-electron chi connectivity index (χ2n) is 13.2. The summed E-state index contributed by atoms with van der Waals surface area (Å²) in [7, 11) is 3.51. The summed E-state index contributed by atoms with van der Waals surface area (Å²) in [5, 5.41) is 24.6. The second-order valence-corrected chi connectivity index (χ2v) is 13.7. The van der Waals surface area contributed by atoms with Crippen molar-refractivity contribution in [1.29, 1.82) is 0 Å². The topological polar surface area (TPSA) is 260 Å². The van der Waals surface area contributed by atoms with Crippen molar-refractivity contribution in [3.8, 4) is 34.6 Å². The molecule has 0 aliphatic heterocycles. The average Bonchev–Trinajstić information content (AvgIpc) is 3.23. The van der Waals surface area contributed by atoms with Crippen molar-refractivity contribution < 1.29 is 19.8 Å². The van der Waals surface area contributed by atoms with E-state index in [1.807, 2.05) is 54.6 Å². The summed E-state index contributed by atoms with van der Waals surface area (Å²) in [6, 6.07) is 22.5. The largest absolute Gasteiger partial charge is 0.480 e. The van der Waals surface area contributed by atoms with Crippen LogP contribution in [-0.2, 0) is 22.7 Å². The van der Waals surface area contributed by atoms with Crippen LogP contribution in [-0.4, -0.2) is 112 Å². The normalized spacial score (nSPS) is 11.0. The number of benzene rings is 2. The van der Waals surface area contributed by atoms with Crippen molar-refractivity contribution in [2.24, 2.45) is 11.5 Å². The Hall–Kier alpha value is -7.27. The van der Waals surface area contributed by atoms with Gasteiger partial charge in [-0.3, -0.25) is 24.4 Å². The monoisotopic (exact) mass is 842 g/mol. The van der Waals surface area contributed by atoms with Crippen molar-refractivity contribution in [2.75, 3.05) is 50.9 Å². The fourth-order valence-electron chi connectivity index (χ4n) is 5.61. The number of nitrogens with two attached hydrogens (primary N) is 2. The molecule has 4 heterocycles. The van der Waals surface area contributed by atoms with Crippen molar-refractivity contribution >= 4 is 52.9 Å². The lowest BCUT2D eigenvalue weighted by molar-refractivity contribution is -0.139. The van der Waals surface area contributed by atoms with Gasteiger partial charge in [0, 0.05) is 59.6 Å². The van der Waals surface area contributed by atoms with E-state index in [1.54, 1.807) is 60.6 Å². The minimum absolute atomic E-state index is 0.0297. The molecule has 6 aromatic rings. The molecule has 0 bridgehead atoms. The molecule has 0 aliphatic rings. The van der Waals surface area contributed by atoms with Crippen LogP contribution < -0.4 is 22.1 Å². The Kier molecular flexibility index (Phi) is 16.7. The minimum atomic E-state index is -0.866. The SMILES string of the molecule is CN(CC(=O)O)Cc1cccc(Nc2ncnc(-c3ccnc(/C=C(\Cl)CN)c3)n2)c1.CN(CC(=O)O)Cc1cccc(Nc2ncnc(-c3ccnc(C#CCN)c3)n2)c1. The number of nitrogens with zero attached hydrogens (tertiary/aromatic N) is 10. The van der Waals surface area contributed by atoms with Gasteiger partial charge in [-0.25, -0.2) is 24.9 Å². The molecule has 0 radical (unpaired) electrons. The molecular weight excluding hydrogens is 800 g/mol. The first-order valence-corrected chi connectivity index (χ1v) is 18.9. The second kappa shape index (κ2) is 22.8. The molecule has 4 aromatic heterocycles. The lowest BCUT2D eigenvalue weighted by Gasteiger charge is -2.14. The third kappa shape index (κ3) is 15.1. The van der Waals surface area contributed by atoms with Crippen LogP contribution in [0.1, 0.15) is 22.5 Å². The van der Waals surface area contributed by atoms with Crippen LogP contribution >= 0.6 is 11.6 Å². The highest BCUT2D eigenvalue weighted by Crippen LogP contribution is 2.22. The van der Waals surface area contributed by atoms with Gasteiger partial charge in [0.05, 0.1) is 25.3 Å². The number of carboxylic acids is 2.